The number of carbonyl (C=O) groups is 1. The monoisotopic (exact) mass is 323 g/mol. The number of halogens is 1. The molecule has 0 spiro atoms. The van der Waals surface area contributed by atoms with E-state index in [4.69, 9.17) is 9.15 Å². The Kier molecular flexibility index (Phi) is 4.63. The van der Waals surface area contributed by atoms with Crippen molar-refractivity contribution in [3.63, 3.8) is 0 Å². The van der Waals surface area contributed by atoms with E-state index in [0.717, 1.165) is 10.0 Å². The lowest BCUT2D eigenvalue weighted by atomic mass is 10.2. The number of carbonyl (C=O) groups excluding carboxylic acids is 1. The van der Waals surface area contributed by atoms with Crippen molar-refractivity contribution >= 4 is 21.8 Å². The topological polar surface area (TPSA) is 51.5 Å². The van der Waals surface area contributed by atoms with E-state index in [1.54, 1.807) is 18.4 Å². The van der Waals surface area contributed by atoms with Gasteiger partial charge in [0, 0.05) is 4.47 Å². The molecule has 1 aromatic heterocycles. The highest BCUT2D eigenvalue weighted by Crippen LogP contribution is 2.21. The summed E-state index contributed by atoms with van der Waals surface area (Å²) in [6.45, 7) is 2.29. The van der Waals surface area contributed by atoms with Crippen molar-refractivity contribution in [2.45, 2.75) is 13.5 Å². The van der Waals surface area contributed by atoms with Gasteiger partial charge in [0.25, 0.3) is 5.91 Å². The van der Waals surface area contributed by atoms with Gasteiger partial charge in [-0.25, -0.2) is 0 Å². The number of rotatable bonds is 5. The first-order valence-corrected chi connectivity index (χ1v) is 6.62. The van der Waals surface area contributed by atoms with Crippen LogP contribution in [0.4, 0.5) is 0 Å². The fraction of sp³-hybridized carbons (Fsp3) is 0.214. The molecule has 1 amide bonds. The molecule has 0 radical (unpaired) electrons. The summed E-state index contributed by atoms with van der Waals surface area (Å²) in [5.41, 5.74) is 0.980. The molecule has 100 valence electrons. The Labute approximate surface area is 119 Å². The molecule has 1 N–H and O–H groups in total. The molecular formula is C14H14BrNO3. The third-order valence-electron chi connectivity index (χ3n) is 2.54. The largest absolute Gasteiger partial charge is 0.484 e. The van der Waals surface area contributed by atoms with E-state index in [1.165, 1.54) is 0 Å². The Morgan fingerprint density at radius 1 is 1.42 bits per heavy atom. The number of hydrogen-bond acceptors (Lipinski definition) is 3. The first kappa shape index (κ1) is 13.7. The molecule has 0 bridgehead atoms. The van der Waals surface area contributed by atoms with E-state index in [2.05, 4.69) is 21.2 Å². The lowest BCUT2D eigenvalue weighted by Crippen LogP contribution is -2.28. The fourth-order valence-corrected chi connectivity index (χ4v) is 2.04. The van der Waals surface area contributed by atoms with Crippen molar-refractivity contribution in [1.82, 2.24) is 5.32 Å². The van der Waals surface area contributed by atoms with Gasteiger partial charge in [0.2, 0.25) is 0 Å². The first-order valence-electron chi connectivity index (χ1n) is 5.83. The number of amides is 1. The van der Waals surface area contributed by atoms with Gasteiger partial charge in [-0.05, 0) is 42.8 Å². The Morgan fingerprint density at radius 2 is 2.26 bits per heavy atom. The van der Waals surface area contributed by atoms with Crippen LogP contribution in [0.1, 0.15) is 11.3 Å². The van der Waals surface area contributed by atoms with Crippen LogP contribution in [0.2, 0.25) is 0 Å². The first-order chi connectivity index (χ1) is 9.15. The number of aryl methyl sites for hydroxylation is 1. The number of ether oxygens (including phenoxy) is 1. The molecule has 1 heterocycles. The van der Waals surface area contributed by atoms with Crippen LogP contribution in [0, 0.1) is 6.92 Å². The van der Waals surface area contributed by atoms with Gasteiger partial charge in [0.05, 0.1) is 12.8 Å². The molecule has 1 aromatic carbocycles. The van der Waals surface area contributed by atoms with E-state index in [1.807, 2.05) is 25.1 Å². The minimum Gasteiger partial charge on any atom is -0.484 e. The predicted octanol–water partition coefficient (Wildman–Crippen LogP) is 3.05. The Balaban J connectivity index is 1.80. The Hall–Kier alpha value is -1.75. The van der Waals surface area contributed by atoms with Gasteiger partial charge in [0.1, 0.15) is 11.5 Å². The van der Waals surface area contributed by atoms with Crippen LogP contribution >= 0.6 is 15.9 Å². The standard InChI is InChI=1S/C14H14BrNO3/c1-10-7-11(15)4-5-13(10)19-9-14(17)16-8-12-3-2-6-18-12/h2-7H,8-9H2,1H3,(H,16,17). The van der Waals surface area contributed by atoms with Crippen LogP contribution in [-0.4, -0.2) is 12.5 Å². The van der Waals surface area contributed by atoms with Crippen LogP contribution in [0.25, 0.3) is 0 Å². The molecule has 19 heavy (non-hydrogen) atoms. The van der Waals surface area contributed by atoms with Gasteiger partial charge in [-0.2, -0.15) is 0 Å². The van der Waals surface area contributed by atoms with Gasteiger partial charge in [-0.1, -0.05) is 15.9 Å². The van der Waals surface area contributed by atoms with Crippen molar-refractivity contribution < 1.29 is 13.9 Å². The highest BCUT2D eigenvalue weighted by atomic mass is 79.9. The molecule has 0 unspecified atom stereocenters. The molecular weight excluding hydrogens is 310 g/mol. The average molecular weight is 324 g/mol. The minimum absolute atomic E-state index is 0.0107. The van der Waals surface area contributed by atoms with Crippen molar-refractivity contribution in [2.24, 2.45) is 0 Å². The quantitative estimate of drug-likeness (QED) is 0.920. The van der Waals surface area contributed by atoms with E-state index < -0.39 is 0 Å². The number of hydrogen-bond donors (Lipinski definition) is 1. The molecule has 5 heteroatoms. The van der Waals surface area contributed by atoms with E-state index in [9.17, 15) is 4.79 Å². The second-order valence-corrected chi connectivity index (χ2v) is 4.97. The van der Waals surface area contributed by atoms with Crippen LogP contribution in [0.5, 0.6) is 5.75 Å². The maximum atomic E-state index is 11.6. The molecule has 0 aliphatic rings. The highest BCUT2D eigenvalue weighted by Gasteiger charge is 2.05. The molecule has 4 nitrogen and oxygen atoms in total. The van der Waals surface area contributed by atoms with Gasteiger partial charge in [0.15, 0.2) is 6.61 Å². The smallest absolute Gasteiger partial charge is 0.258 e. The zero-order chi connectivity index (χ0) is 13.7. The van der Waals surface area contributed by atoms with Crippen LogP contribution in [0.3, 0.4) is 0 Å². The molecule has 2 rings (SSSR count). The van der Waals surface area contributed by atoms with Gasteiger partial charge in [-0.15, -0.1) is 0 Å². The summed E-state index contributed by atoms with van der Waals surface area (Å²) in [7, 11) is 0. The maximum absolute atomic E-state index is 11.6. The minimum atomic E-state index is -0.182. The van der Waals surface area contributed by atoms with Crippen LogP contribution in [-0.2, 0) is 11.3 Å². The van der Waals surface area contributed by atoms with Crippen molar-refractivity contribution in [1.29, 1.82) is 0 Å². The summed E-state index contributed by atoms with van der Waals surface area (Å²) in [6, 6.07) is 9.24. The van der Waals surface area contributed by atoms with E-state index in [0.29, 0.717) is 18.1 Å². The number of furan rings is 1. The van der Waals surface area contributed by atoms with Gasteiger partial charge in [-0.3, -0.25) is 4.79 Å². The van der Waals surface area contributed by atoms with Crippen LogP contribution < -0.4 is 10.1 Å². The summed E-state index contributed by atoms with van der Waals surface area (Å²) in [5.74, 6) is 1.24. The maximum Gasteiger partial charge on any atom is 0.258 e. The molecule has 0 aliphatic carbocycles. The molecule has 0 atom stereocenters. The lowest BCUT2D eigenvalue weighted by molar-refractivity contribution is -0.123. The second kappa shape index (κ2) is 6.43. The van der Waals surface area contributed by atoms with Gasteiger partial charge >= 0.3 is 0 Å². The summed E-state index contributed by atoms with van der Waals surface area (Å²) in [6.07, 6.45) is 1.57. The normalized spacial score (nSPS) is 10.2. The van der Waals surface area contributed by atoms with Crippen LogP contribution in [0.15, 0.2) is 45.5 Å². The fourth-order valence-electron chi connectivity index (χ4n) is 1.57. The SMILES string of the molecule is Cc1cc(Br)ccc1OCC(=O)NCc1ccco1. The molecule has 0 fully saturated rings. The lowest BCUT2D eigenvalue weighted by Gasteiger charge is -2.09. The second-order valence-electron chi connectivity index (χ2n) is 4.05. The average Bonchev–Trinajstić information content (AvgIpc) is 2.88. The molecule has 0 saturated heterocycles. The summed E-state index contributed by atoms with van der Waals surface area (Å²) >= 11 is 3.38. The van der Waals surface area contributed by atoms with E-state index >= 15 is 0 Å². The number of benzene rings is 1. The van der Waals surface area contributed by atoms with Gasteiger partial charge < -0.3 is 14.5 Å². The molecule has 2 aromatic rings. The molecule has 0 aliphatic heterocycles. The Morgan fingerprint density at radius 3 is 2.95 bits per heavy atom. The summed E-state index contributed by atoms with van der Waals surface area (Å²) in [4.78, 5) is 11.6. The number of nitrogens with one attached hydrogen (secondary N) is 1. The zero-order valence-corrected chi connectivity index (χ0v) is 12.1. The van der Waals surface area contributed by atoms with Crippen molar-refractivity contribution in [2.75, 3.05) is 6.61 Å². The third-order valence-corrected chi connectivity index (χ3v) is 3.03. The zero-order valence-electron chi connectivity index (χ0n) is 10.5. The van der Waals surface area contributed by atoms with E-state index in [-0.39, 0.29) is 12.5 Å². The third kappa shape index (κ3) is 4.13. The summed E-state index contributed by atoms with van der Waals surface area (Å²) in [5, 5.41) is 2.72. The summed E-state index contributed by atoms with van der Waals surface area (Å²) < 4.78 is 11.6. The van der Waals surface area contributed by atoms with Crippen molar-refractivity contribution in [3.05, 3.63) is 52.4 Å². The predicted molar refractivity (Wildman–Crippen MR) is 74.9 cm³/mol. The molecule has 0 saturated carbocycles. The Bertz CT molecular complexity index is 552. The highest BCUT2D eigenvalue weighted by molar-refractivity contribution is 9.10. The van der Waals surface area contributed by atoms with Crippen molar-refractivity contribution in [3.8, 4) is 5.75 Å².